The predicted molar refractivity (Wildman–Crippen MR) is 86.1 cm³/mol. The molecule has 0 amide bonds. The molecular formula is H34Mg5O12. The molecule has 0 aromatic carbocycles. The van der Waals surface area contributed by atoms with Gasteiger partial charge >= 0.3 is 115 Å². The van der Waals surface area contributed by atoms with Crippen molar-refractivity contribution in [1.82, 2.24) is 0 Å². The van der Waals surface area contributed by atoms with Crippen LogP contribution in [0.25, 0.3) is 0 Å². The first kappa shape index (κ1) is 679. The molecule has 0 fully saturated rings. The lowest BCUT2D eigenvalue weighted by Crippen LogP contribution is -0.382. The summed E-state index contributed by atoms with van der Waals surface area (Å²) in [5, 5.41) is 0. The second-order valence-electron chi connectivity index (χ2n) is 0. The maximum atomic E-state index is 0. The summed E-state index contributed by atoms with van der Waals surface area (Å²) in [7, 11) is 0. The lowest BCUT2D eigenvalue weighted by molar-refractivity contribution is 0.823. The van der Waals surface area contributed by atoms with Crippen LogP contribution in [0.5, 0.6) is 0 Å². The fraction of sp³-hybridized carbons (Fsp3) is 0. The smallest absolute Gasteiger partial charge is 0.316 e. The van der Waals surface area contributed by atoms with E-state index in [4.69, 9.17) is 0 Å². The summed E-state index contributed by atoms with van der Waals surface area (Å²) in [6.45, 7) is 0. The predicted octanol–water partition coefficient (Wildman–Crippen LogP) is -14.5. The van der Waals surface area contributed by atoms with Crippen molar-refractivity contribution in [2.45, 2.75) is 0 Å². The molecule has 12 nitrogen and oxygen atoms in total. The van der Waals surface area contributed by atoms with E-state index in [0.717, 1.165) is 0 Å². The zero-order valence-corrected chi connectivity index (χ0v) is 6.00. The molecule has 0 aliphatic rings. The molecule has 0 saturated heterocycles. The summed E-state index contributed by atoms with van der Waals surface area (Å²) in [5.41, 5.74) is 0. The van der Waals surface area contributed by atoms with Crippen LogP contribution in [0.2, 0.25) is 0 Å². The minimum Gasteiger partial charge on any atom is -0.412 e. The van der Waals surface area contributed by atoms with E-state index >= 15 is 0 Å². The number of hydrogen-bond acceptors (Lipinski definition) is 0. The second kappa shape index (κ2) is 580. The van der Waals surface area contributed by atoms with Gasteiger partial charge in [-0.05, 0) is 0 Å². The zero-order valence-electron chi connectivity index (χ0n) is 6.00. The van der Waals surface area contributed by atoms with Gasteiger partial charge in [0.15, 0.2) is 0 Å². The average molecular weight is 348 g/mol. The van der Waals surface area contributed by atoms with Gasteiger partial charge in [0.1, 0.15) is 0 Å². The molecule has 0 aliphatic carbocycles. The van der Waals surface area contributed by atoms with E-state index in [2.05, 4.69) is 0 Å². The molecule has 17 heavy (non-hydrogen) atoms. The van der Waals surface area contributed by atoms with Crippen LogP contribution in [0.3, 0.4) is 0 Å². The maximum Gasteiger partial charge on any atom is 0.316 e. The van der Waals surface area contributed by atoms with E-state index in [0.29, 0.717) is 0 Å². The Labute approximate surface area is 178 Å². The van der Waals surface area contributed by atoms with Crippen molar-refractivity contribution >= 4 is 115 Å². The van der Waals surface area contributed by atoms with Crippen LogP contribution in [-0.4, -0.2) is 181 Å². The highest BCUT2D eigenvalue weighted by Crippen LogP contribution is -0.278. The Hall–Kier alpha value is 3.35. The largest absolute Gasteiger partial charge is 0.412 e. The molecule has 17 heteroatoms. The fourth-order valence-electron chi connectivity index (χ4n) is 0. The first-order chi connectivity index (χ1) is 0. The highest BCUT2D eigenvalue weighted by Gasteiger charge is 0.320. The summed E-state index contributed by atoms with van der Waals surface area (Å²) in [5.74, 6) is 0. The van der Waals surface area contributed by atoms with E-state index in [1.165, 1.54) is 0 Å². The zero-order chi connectivity index (χ0) is 0. The molecule has 0 aromatic rings. The molecule has 0 aliphatic heterocycles. The fourth-order valence-corrected chi connectivity index (χ4v) is 0. The summed E-state index contributed by atoms with van der Waals surface area (Å²) < 4.78 is 0. The molecular weight excluding hydrogens is 314 g/mol. The Morgan fingerprint density at radius 3 is 0.118 bits per heavy atom. The van der Waals surface area contributed by atoms with Gasteiger partial charge in [-0.2, -0.15) is 0 Å². The summed E-state index contributed by atoms with van der Waals surface area (Å²) in [6, 6.07) is 0. The quantitative estimate of drug-likeness (QED) is 0.368. The van der Waals surface area contributed by atoms with Gasteiger partial charge in [0.2, 0.25) is 0 Å². The normalized spacial score (nSPS) is 0. The summed E-state index contributed by atoms with van der Waals surface area (Å²) in [6.07, 6.45) is 0. The lowest BCUT2D eigenvalue weighted by atomic mass is 16.0. The van der Waals surface area contributed by atoms with Crippen LogP contribution in [0.1, 0.15) is 0 Å². The minimum absolute atomic E-state index is 0. The van der Waals surface area contributed by atoms with Crippen molar-refractivity contribution in [2.24, 2.45) is 0 Å². The van der Waals surface area contributed by atoms with Gasteiger partial charge < -0.3 is 65.7 Å². The van der Waals surface area contributed by atoms with E-state index in [1.807, 2.05) is 0 Å². The highest BCUT2D eigenvalue weighted by molar-refractivity contribution is 5.76. The number of rotatable bonds is 0. The van der Waals surface area contributed by atoms with Gasteiger partial charge in [-0.25, -0.2) is 0 Å². The third kappa shape index (κ3) is 519. The van der Waals surface area contributed by atoms with Gasteiger partial charge in [0.05, 0.1) is 0 Å². The third-order valence-corrected chi connectivity index (χ3v) is 0. The molecule has 116 valence electrons. The van der Waals surface area contributed by atoms with Gasteiger partial charge in [-0.15, -0.1) is 0 Å². The van der Waals surface area contributed by atoms with Crippen molar-refractivity contribution in [3.63, 3.8) is 0 Å². The molecule has 0 spiro atoms. The minimum atomic E-state index is 0. The van der Waals surface area contributed by atoms with E-state index in [9.17, 15) is 0 Å². The van der Waals surface area contributed by atoms with Crippen molar-refractivity contribution < 1.29 is 65.7 Å². The monoisotopic (exact) mass is 346 g/mol. The lowest BCUT2D eigenvalue weighted by Gasteiger charge is -0.413. The SMILES string of the molecule is O.O.O.O.O.O.O.O.O.O.O.O.[MgH2].[MgH2].[MgH2].[MgH2].[MgH2]. The van der Waals surface area contributed by atoms with E-state index in [-0.39, 0.29) is 181 Å². The van der Waals surface area contributed by atoms with Crippen LogP contribution < -0.4 is 0 Å². The Balaban J connectivity index is 0. The third-order valence-electron chi connectivity index (χ3n) is 0. The van der Waals surface area contributed by atoms with Gasteiger partial charge in [-0.1, -0.05) is 0 Å². The molecule has 0 aromatic heterocycles. The second-order valence-corrected chi connectivity index (χ2v) is 0. The van der Waals surface area contributed by atoms with E-state index < -0.39 is 0 Å². The topological polar surface area (TPSA) is 378 Å². The highest BCUT2D eigenvalue weighted by atomic mass is 24.3. The first-order valence-corrected chi connectivity index (χ1v) is 0. The molecule has 0 bridgehead atoms. The molecule has 0 heterocycles. The Morgan fingerprint density at radius 2 is 0.118 bits per heavy atom. The van der Waals surface area contributed by atoms with E-state index in [1.54, 1.807) is 0 Å². The van der Waals surface area contributed by atoms with Gasteiger partial charge in [0.25, 0.3) is 0 Å². The molecule has 0 radical (unpaired) electrons. The Bertz CT molecular complexity index is 14.9. The molecule has 0 rings (SSSR count). The molecule has 24 N–H and O–H groups in total. The van der Waals surface area contributed by atoms with Crippen LogP contribution in [0.4, 0.5) is 0 Å². The Kier molecular flexibility index (Phi) is 23200. The average Bonchev–Trinajstić information content (AvgIpc) is 0. The van der Waals surface area contributed by atoms with Crippen LogP contribution in [-0.2, 0) is 0 Å². The van der Waals surface area contributed by atoms with Crippen molar-refractivity contribution in [3.8, 4) is 0 Å². The molecule has 0 unspecified atom stereocenters. The van der Waals surface area contributed by atoms with Gasteiger partial charge in [-0.3, -0.25) is 0 Å². The maximum absolute atomic E-state index is 0. The Morgan fingerprint density at radius 1 is 0.118 bits per heavy atom. The number of hydrogen-bond donors (Lipinski definition) is 0. The standard InChI is InChI=1S/5Mg.12H2O.10H/h;;;;;12*1H2;;;;;;;;;;. The van der Waals surface area contributed by atoms with Crippen molar-refractivity contribution in [2.75, 3.05) is 0 Å². The van der Waals surface area contributed by atoms with Crippen LogP contribution in [0.15, 0.2) is 0 Å². The van der Waals surface area contributed by atoms with Gasteiger partial charge in [0, 0.05) is 0 Å². The summed E-state index contributed by atoms with van der Waals surface area (Å²) in [4.78, 5) is 0. The van der Waals surface area contributed by atoms with Crippen molar-refractivity contribution in [1.29, 1.82) is 0 Å². The first-order valence-electron chi connectivity index (χ1n) is 0. The molecule has 0 saturated carbocycles. The summed E-state index contributed by atoms with van der Waals surface area (Å²) >= 11 is 0. The van der Waals surface area contributed by atoms with Crippen LogP contribution >= 0.6 is 0 Å². The molecule has 0 atom stereocenters. The van der Waals surface area contributed by atoms with Crippen LogP contribution in [0, 0.1) is 0 Å². The van der Waals surface area contributed by atoms with Crippen molar-refractivity contribution in [3.05, 3.63) is 0 Å².